The number of rotatable bonds is 6. The monoisotopic (exact) mass is 413 g/mol. The number of nitrogens with one attached hydrogen (secondary N) is 2. The van der Waals surface area contributed by atoms with Gasteiger partial charge in [0.2, 0.25) is 5.91 Å². The average molecular weight is 414 g/mol. The van der Waals surface area contributed by atoms with Crippen LogP contribution in [-0.2, 0) is 4.79 Å². The van der Waals surface area contributed by atoms with E-state index >= 15 is 0 Å². The van der Waals surface area contributed by atoms with Crippen LogP contribution < -0.4 is 20.3 Å². The molecule has 3 amide bonds. The number of ether oxygens (including phenoxy) is 1. The molecule has 29 heavy (non-hydrogen) atoms. The van der Waals surface area contributed by atoms with Crippen LogP contribution >= 0.6 is 11.3 Å². The fourth-order valence-electron chi connectivity index (χ4n) is 4.37. The number of hydrogen-bond acceptors (Lipinski definition) is 4. The molecule has 154 valence electrons. The first-order valence-corrected chi connectivity index (χ1v) is 11.1. The van der Waals surface area contributed by atoms with Crippen molar-refractivity contribution in [3.63, 3.8) is 0 Å². The Morgan fingerprint density at radius 1 is 1.24 bits per heavy atom. The number of carbonyl (C=O) groups is 2. The molecule has 1 aromatic carbocycles. The first-order valence-electron chi connectivity index (χ1n) is 10.2. The number of hydrogen-bond donors (Lipinski definition) is 2. The van der Waals surface area contributed by atoms with Crippen molar-refractivity contribution in [1.29, 1.82) is 0 Å². The number of carbonyl (C=O) groups excluding carboxylic acids is 2. The van der Waals surface area contributed by atoms with Crippen LogP contribution in [0.5, 0.6) is 5.75 Å². The minimum atomic E-state index is -0.223. The molecule has 2 aromatic rings. The summed E-state index contributed by atoms with van der Waals surface area (Å²) in [7, 11) is 1.59. The van der Waals surface area contributed by atoms with Crippen LogP contribution in [0.2, 0.25) is 0 Å². The van der Waals surface area contributed by atoms with Gasteiger partial charge in [-0.2, -0.15) is 0 Å². The van der Waals surface area contributed by atoms with Crippen LogP contribution in [0, 0.1) is 5.92 Å². The molecule has 1 saturated carbocycles. The second-order valence-corrected chi connectivity index (χ2v) is 8.65. The van der Waals surface area contributed by atoms with Crippen molar-refractivity contribution in [3.05, 3.63) is 40.6 Å². The van der Waals surface area contributed by atoms with E-state index in [2.05, 4.69) is 22.1 Å². The van der Waals surface area contributed by atoms with E-state index < -0.39 is 0 Å². The Bertz CT molecular complexity index is 862. The van der Waals surface area contributed by atoms with Gasteiger partial charge in [-0.25, -0.2) is 4.79 Å². The van der Waals surface area contributed by atoms with Gasteiger partial charge in [-0.3, -0.25) is 4.79 Å². The third kappa shape index (κ3) is 4.40. The highest BCUT2D eigenvalue weighted by atomic mass is 32.1. The van der Waals surface area contributed by atoms with E-state index in [1.54, 1.807) is 35.5 Å². The molecule has 6 nitrogen and oxygen atoms in total. The van der Waals surface area contributed by atoms with Crippen LogP contribution in [0.25, 0.3) is 0 Å². The minimum Gasteiger partial charge on any atom is -0.495 e. The molecule has 1 unspecified atom stereocenters. The van der Waals surface area contributed by atoms with Crippen molar-refractivity contribution in [2.24, 2.45) is 5.92 Å². The molecule has 1 atom stereocenters. The zero-order valence-corrected chi connectivity index (χ0v) is 17.5. The van der Waals surface area contributed by atoms with E-state index in [1.165, 1.54) is 17.7 Å². The number of methoxy groups -OCH3 is 1. The molecule has 2 heterocycles. The Labute approximate surface area is 175 Å². The lowest BCUT2D eigenvalue weighted by Gasteiger charge is -2.24. The highest BCUT2D eigenvalue weighted by Crippen LogP contribution is 2.38. The van der Waals surface area contributed by atoms with Crippen LogP contribution in [-0.4, -0.2) is 25.6 Å². The van der Waals surface area contributed by atoms with Crippen LogP contribution in [0.3, 0.4) is 0 Å². The molecule has 7 heteroatoms. The smallest absolute Gasteiger partial charge is 0.319 e. The minimum absolute atomic E-state index is 0.0374. The fraction of sp³-hybridized carbons (Fsp3) is 0.455. The molecule has 1 aliphatic heterocycles. The van der Waals surface area contributed by atoms with E-state index in [0.717, 1.165) is 19.3 Å². The lowest BCUT2D eigenvalue weighted by atomic mass is 9.97. The number of amides is 3. The molecule has 1 saturated heterocycles. The second-order valence-electron chi connectivity index (χ2n) is 7.67. The quantitative estimate of drug-likeness (QED) is 0.705. The Hall–Kier alpha value is -2.54. The third-order valence-corrected chi connectivity index (χ3v) is 6.76. The van der Waals surface area contributed by atoms with Crippen LogP contribution in [0.1, 0.15) is 49.4 Å². The lowest BCUT2D eigenvalue weighted by Crippen LogP contribution is -2.35. The summed E-state index contributed by atoms with van der Waals surface area (Å²) in [5, 5.41) is 8.19. The van der Waals surface area contributed by atoms with Crippen LogP contribution in [0.4, 0.5) is 16.2 Å². The highest BCUT2D eigenvalue weighted by molar-refractivity contribution is 7.10. The molecule has 0 spiro atoms. The van der Waals surface area contributed by atoms with Crippen molar-refractivity contribution in [3.8, 4) is 5.75 Å². The van der Waals surface area contributed by atoms with Crippen molar-refractivity contribution >= 4 is 34.6 Å². The maximum Gasteiger partial charge on any atom is 0.319 e. The summed E-state index contributed by atoms with van der Waals surface area (Å²) in [5.41, 5.74) is 1.35. The van der Waals surface area contributed by atoms with Gasteiger partial charge in [0.05, 0.1) is 18.8 Å². The molecule has 2 aliphatic rings. The maximum absolute atomic E-state index is 12.8. The van der Waals surface area contributed by atoms with Crippen LogP contribution in [0.15, 0.2) is 35.7 Å². The number of urea groups is 1. The third-order valence-electron chi connectivity index (χ3n) is 5.81. The second kappa shape index (κ2) is 8.86. The van der Waals surface area contributed by atoms with E-state index in [1.807, 2.05) is 12.1 Å². The van der Waals surface area contributed by atoms with E-state index in [0.29, 0.717) is 36.0 Å². The van der Waals surface area contributed by atoms with Gasteiger partial charge < -0.3 is 20.3 Å². The molecule has 0 bridgehead atoms. The summed E-state index contributed by atoms with van der Waals surface area (Å²) in [6.45, 7) is 0.674. The molecule has 2 fully saturated rings. The molecule has 1 aliphatic carbocycles. The van der Waals surface area contributed by atoms with Crippen molar-refractivity contribution in [2.75, 3.05) is 23.9 Å². The van der Waals surface area contributed by atoms with Gasteiger partial charge in [-0.05, 0) is 54.8 Å². The average Bonchev–Trinajstić information content (AvgIpc) is 3.48. The Balaban J connectivity index is 1.49. The molecule has 0 radical (unpaired) electrons. The van der Waals surface area contributed by atoms with Crippen molar-refractivity contribution in [1.82, 2.24) is 5.32 Å². The SMILES string of the molecule is COc1ccc(NC(=O)NC(c2cccs2)C2CCCC2)cc1N1CCCC1=O. The van der Waals surface area contributed by atoms with Gasteiger partial charge >= 0.3 is 6.03 Å². The largest absolute Gasteiger partial charge is 0.495 e. The molecule has 1 aromatic heterocycles. The maximum atomic E-state index is 12.8. The van der Waals surface area contributed by atoms with Gasteiger partial charge in [-0.1, -0.05) is 18.9 Å². The van der Waals surface area contributed by atoms with Gasteiger partial charge in [0.1, 0.15) is 5.75 Å². The summed E-state index contributed by atoms with van der Waals surface area (Å²) >= 11 is 1.69. The normalized spacial score (nSPS) is 18.1. The Morgan fingerprint density at radius 3 is 2.72 bits per heavy atom. The zero-order valence-electron chi connectivity index (χ0n) is 16.6. The highest BCUT2D eigenvalue weighted by Gasteiger charge is 2.29. The predicted octanol–water partition coefficient (Wildman–Crippen LogP) is 4.94. The summed E-state index contributed by atoms with van der Waals surface area (Å²) in [6.07, 6.45) is 6.12. The standard InChI is InChI=1S/C22H27N3O3S/c1-28-18-11-10-16(14-17(18)25-12-4-9-20(25)26)23-22(27)24-21(15-6-2-3-7-15)19-8-5-13-29-19/h5,8,10-11,13-15,21H,2-4,6-7,9,12H2,1H3,(H2,23,24,27). The molecule has 2 N–H and O–H groups in total. The van der Waals surface area contributed by atoms with Gasteiger partial charge in [0.15, 0.2) is 0 Å². The van der Waals surface area contributed by atoms with E-state index in [4.69, 9.17) is 4.74 Å². The van der Waals surface area contributed by atoms with E-state index in [9.17, 15) is 9.59 Å². The summed E-state index contributed by atoms with van der Waals surface area (Å²) < 4.78 is 5.43. The van der Waals surface area contributed by atoms with Gasteiger partial charge in [0.25, 0.3) is 0 Å². The molecular formula is C22H27N3O3S. The summed E-state index contributed by atoms with van der Waals surface area (Å²) in [5.74, 6) is 1.20. The molecular weight excluding hydrogens is 386 g/mol. The summed E-state index contributed by atoms with van der Waals surface area (Å²) in [4.78, 5) is 27.9. The Morgan fingerprint density at radius 2 is 2.07 bits per heavy atom. The molecule has 4 rings (SSSR count). The predicted molar refractivity (Wildman–Crippen MR) is 116 cm³/mol. The van der Waals surface area contributed by atoms with Crippen molar-refractivity contribution < 1.29 is 14.3 Å². The lowest BCUT2D eigenvalue weighted by molar-refractivity contribution is -0.117. The Kier molecular flexibility index (Phi) is 6.04. The first kappa shape index (κ1) is 19.8. The number of benzene rings is 1. The number of thiophene rings is 1. The topological polar surface area (TPSA) is 70.7 Å². The fourth-order valence-corrected chi connectivity index (χ4v) is 5.24. The van der Waals surface area contributed by atoms with E-state index in [-0.39, 0.29) is 18.0 Å². The van der Waals surface area contributed by atoms with Crippen molar-refractivity contribution in [2.45, 2.75) is 44.6 Å². The summed E-state index contributed by atoms with van der Waals surface area (Å²) in [6, 6.07) is 9.36. The zero-order chi connectivity index (χ0) is 20.2. The van der Waals surface area contributed by atoms with Gasteiger partial charge in [-0.15, -0.1) is 11.3 Å². The number of nitrogens with zero attached hydrogens (tertiary/aromatic N) is 1. The first-order chi connectivity index (χ1) is 14.2. The number of anilines is 2. The van der Waals surface area contributed by atoms with Gasteiger partial charge in [0, 0.05) is 23.5 Å².